The Labute approximate surface area is 128 Å². The van der Waals surface area contributed by atoms with Gasteiger partial charge in [0, 0.05) is 38.1 Å². The molecule has 0 radical (unpaired) electrons. The first kappa shape index (κ1) is 18.1. The largest absolute Gasteiger partial charge is 0.376 e. The van der Waals surface area contributed by atoms with Gasteiger partial charge in [-0.3, -0.25) is 9.59 Å². The monoisotopic (exact) mass is 318 g/mol. The third-order valence-corrected chi connectivity index (χ3v) is 5.02. The maximum Gasteiger partial charge on any atom is 0.241 e. The van der Waals surface area contributed by atoms with Gasteiger partial charge in [0.15, 0.2) is 5.41 Å². The van der Waals surface area contributed by atoms with E-state index in [1.807, 2.05) is 0 Å². The lowest BCUT2D eigenvalue weighted by Gasteiger charge is -2.46. The molecular formula is C13H26N2O5Si. The average Bonchev–Trinajstić information content (AvgIpc) is 2.60. The van der Waals surface area contributed by atoms with Crippen LogP contribution in [0.5, 0.6) is 0 Å². The molecule has 1 saturated heterocycles. The maximum atomic E-state index is 12.7. The number of carbonyl (C=O) groups is 2. The van der Waals surface area contributed by atoms with Crippen molar-refractivity contribution in [3.8, 4) is 0 Å². The molecule has 2 amide bonds. The number of methoxy groups -OCH3 is 3. The van der Waals surface area contributed by atoms with Gasteiger partial charge in [0.05, 0.1) is 0 Å². The van der Waals surface area contributed by atoms with Gasteiger partial charge >= 0.3 is 0 Å². The summed E-state index contributed by atoms with van der Waals surface area (Å²) in [4.78, 5) is 25.0. The predicted molar refractivity (Wildman–Crippen MR) is 80.8 cm³/mol. The summed E-state index contributed by atoms with van der Waals surface area (Å²) < 4.78 is 16.6. The molecule has 0 aliphatic carbocycles. The van der Waals surface area contributed by atoms with E-state index in [-0.39, 0.29) is 6.42 Å². The zero-order valence-corrected chi connectivity index (χ0v) is 15.2. The number of nitrogens with one attached hydrogen (secondary N) is 1. The first-order chi connectivity index (χ1) is 9.96. The summed E-state index contributed by atoms with van der Waals surface area (Å²) in [7, 11) is 5.31. The predicted octanol–water partition coefficient (Wildman–Crippen LogP) is -1.45. The van der Waals surface area contributed by atoms with Gasteiger partial charge in [0.1, 0.15) is 6.10 Å². The number of hydrogen-bond donors (Lipinski definition) is 2. The summed E-state index contributed by atoms with van der Waals surface area (Å²) in [6.07, 6.45) is 0.875. The van der Waals surface area contributed by atoms with Crippen LogP contribution >= 0.6 is 0 Å². The van der Waals surface area contributed by atoms with E-state index in [1.165, 1.54) is 21.3 Å². The average molecular weight is 318 g/mol. The molecule has 0 spiro atoms. The van der Waals surface area contributed by atoms with Crippen molar-refractivity contribution in [2.75, 3.05) is 27.9 Å². The van der Waals surface area contributed by atoms with Gasteiger partial charge < -0.3 is 25.3 Å². The lowest BCUT2D eigenvalue weighted by atomic mass is 9.71. The smallest absolute Gasteiger partial charge is 0.241 e. The Bertz CT molecular complexity index is 389. The first-order valence-corrected chi connectivity index (χ1v) is 8.59. The molecule has 2 atom stereocenters. The summed E-state index contributed by atoms with van der Waals surface area (Å²) in [6.45, 7) is 0.377. The fourth-order valence-corrected chi connectivity index (χ4v) is 3.55. The van der Waals surface area contributed by atoms with Crippen LogP contribution in [0.4, 0.5) is 0 Å². The highest BCUT2D eigenvalue weighted by atomic mass is 28.1. The molecule has 0 aromatic rings. The molecule has 1 aliphatic rings. The topological polar surface area (TPSA) is 99.9 Å². The number of carbonyl (C=O) groups excluding carboxylic acids is 2. The second-order valence-corrected chi connectivity index (χ2v) is 6.22. The van der Waals surface area contributed by atoms with Crippen LogP contribution in [0.1, 0.15) is 19.3 Å². The van der Waals surface area contributed by atoms with E-state index in [1.54, 1.807) is 0 Å². The molecule has 1 rings (SSSR count). The summed E-state index contributed by atoms with van der Waals surface area (Å²) >= 11 is 0. The van der Waals surface area contributed by atoms with Crippen molar-refractivity contribution >= 4 is 22.1 Å². The van der Waals surface area contributed by atoms with E-state index >= 15 is 0 Å². The molecule has 1 aliphatic heterocycles. The highest BCUT2D eigenvalue weighted by Gasteiger charge is 2.66. The molecule has 7 nitrogen and oxygen atoms in total. The van der Waals surface area contributed by atoms with Gasteiger partial charge in [-0.15, -0.1) is 0 Å². The molecule has 0 saturated carbocycles. The van der Waals surface area contributed by atoms with Crippen LogP contribution in [-0.2, 0) is 23.8 Å². The molecule has 0 aromatic heterocycles. The van der Waals surface area contributed by atoms with Crippen LogP contribution in [0.15, 0.2) is 0 Å². The Balaban J connectivity index is 3.51. The summed E-state index contributed by atoms with van der Waals surface area (Å²) in [5.74, 6) is -2.72. The first-order valence-electron chi connectivity index (χ1n) is 7.18. The van der Waals surface area contributed by atoms with Crippen molar-refractivity contribution in [2.24, 2.45) is 11.1 Å². The van der Waals surface area contributed by atoms with Gasteiger partial charge in [-0.25, -0.2) is 0 Å². The number of ether oxygens (including phenoxy) is 3. The zero-order valence-electron chi connectivity index (χ0n) is 13.2. The van der Waals surface area contributed by atoms with Crippen LogP contribution < -0.4 is 11.1 Å². The van der Waals surface area contributed by atoms with Crippen LogP contribution in [0.3, 0.4) is 0 Å². The molecule has 8 heteroatoms. The van der Waals surface area contributed by atoms with E-state index in [4.69, 9.17) is 19.9 Å². The second-order valence-electron chi connectivity index (χ2n) is 5.22. The van der Waals surface area contributed by atoms with Gasteiger partial charge in [0.2, 0.25) is 17.6 Å². The molecule has 0 aromatic carbocycles. The SMILES string of the molecule is COC1CCNC(=O)C(CCC[SiH3])(C(N)=O)C1(OC)OC. The Morgan fingerprint density at radius 2 is 2.05 bits per heavy atom. The number of amides is 2. The normalized spacial score (nSPS) is 28.9. The molecule has 122 valence electrons. The summed E-state index contributed by atoms with van der Waals surface area (Å²) in [6, 6.07) is 0.948. The Morgan fingerprint density at radius 3 is 2.48 bits per heavy atom. The molecule has 21 heavy (non-hydrogen) atoms. The summed E-state index contributed by atoms with van der Waals surface area (Å²) in [5.41, 5.74) is 4.04. The van der Waals surface area contributed by atoms with Crippen molar-refractivity contribution in [3.63, 3.8) is 0 Å². The fraction of sp³-hybridized carbons (Fsp3) is 0.846. The van der Waals surface area contributed by atoms with Crippen molar-refractivity contribution in [1.82, 2.24) is 5.32 Å². The zero-order chi connectivity index (χ0) is 16.1. The molecular weight excluding hydrogens is 292 g/mol. The minimum atomic E-state index is -1.60. The molecule has 1 heterocycles. The van der Waals surface area contributed by atoms with E-state index in [0.717, 1.165) is 16.3 Å². The molecule has 1 fully saturated rings. The second kappa shape index (κ2) is 7.35. The molecule has 2 unspecified atom stereocenters. The van der Waals surface area contributed by atoms with E-state index in [2.05, 4.69) is 5.32 Å². The minimum Gasteiger partial charge on any atom is -0.376 e. The van der Waals surface area contributed by atoms with Crippen molar-refractivity contribution in [1.29, 1.82) is 0 Å². The Morgan fingerprint density at radius 1 is 1.43 bits per heavy atom. The highest BCUT2D eigenvalue weighted by molar-refractivity contribution is 6.09. The van der Waals surface area contributed by atoms with Gasteiger partial charge in [-0.1, -0.05) is 12.5 Å². The third kappa shape index (κ3) is 2.72. The quantitative estimate of drug-likeness (QED) is 0.340. The maximum absolute atomic E-state index is 12.7. The van der Waals surface area contributed by atoms with Crippen molar-refractivity contribution < 1.29 is 23.8 Å². The third-order valence-electron chi connectivity index (χ3n) is 4.32. The standard InChI is InChI=1S/C13H26N2O5Si/c1-18-9-5-7-15-11(17)12(10(14)16,6-4-8-21)13(9,19-2)20-3/h9H,4-8H2,1-3,21H3,(H2,14,16)(H,15,17). The van der Waals surface area contributed by atoms with Crippen molar-refractivity contribution in [3.05, 3.63) is 0 Å². The number of rotatable bonds is 7. The fourth-order valence-electron chi connectivity index (χ4n) is 3.19. The van der Waals surface area contributed by atoms with Crippen LogP contribution in [0.25, 0.3) is 0 Å². The number of hydrogen-bond acceptors (Lipinski definition) is 5. The van der Waals surface area contributed by atoms with Gasteiger partial charge in [-0.2, -0.15) is 0 Å². The Kier molecular flexibility index (Phi) is 6.33. The van der Waals surface area contributed by atoms with Crippen LogP contribution in [-0.4, -0.2) is 61.8 Å². The van der Waals surface area contributed by atoms with Gasteiger partial charge in [0.25, 0.3) is 0 Å². The van der Waals surface area contributed by atoms with Crippen molar-refractivity contribution in [2.45, 2.75) is 37.2 Å². The highest BCUT2D eigenvalue weighted by Crippen LogP contribution is 2.45. The van der Waals surface area contributed by atoms with Gasteiger partial charge in [-0.05, 0) is 12.8 Å². The minimum absolute atomic E-state index is 0.277. The van der Waals surface area contributed by atoms with Crippen LogP contribution in [0.2, 0.25) is 6.04 Å². The lowest BCUT2D eigenvalue weighted by Crippen LogP contribution is -2.67. The molecule has 0 bridgehead atoms. The lowest BCUT2D eigenvalue weighted by molar-refractivity contribution is -0.306. The van der Waals surface area contributed by atoms with E-state index in [0.29, 0.717) is 19.4 Å². The van der Waals surface area contributed by atoms with E-state index in [9.17, 15) is 9.59 Å². The van der Waals surface area contributed by atoms with Crippen LogP contribution in [0, 0.1) is 5.41 Å². The van der Waals surface area contributed by atoms with E-state index < -0.39 is 29.1 Å². The molecule has 3 N–H and O–H groups in total. The Hall–Kier alpha value is -0.963. The summed E-state index contributed by atoms with van der Waals surface area (Å²) in [5, 5.41) is 2.74. The number of primary amides is 1. The number of nitrogens with two attached hydrogens (primary N) is 1.